The van der Waals surface area contributed by atoms with Crippen LogP contribution >= 0.6 is 11.3 Å². The molecule has 0 aliphatic carbocycles. The third kappa shape index (κ3) is 3.91. The first-order valence-electron chi connectivity index (χ1n) is 6.65. The van der Waals surface area contributed by atoms with Crippen LogP contribution in [0.2, 0.25) is 0 Å². The van der Waals surface area contributed by atoms with Gasteiger partial charge < -0.3 is 5.11 Å². The predicted molar refractivity (Wildman–Crippen MR) is 84.9 cm³/mol. The number of aliphatic hydroxyl groups is 1. The molecule has 0 saturated carbocycles. The molecule has 0 aliphatic rings. The molecule has 1 aromatic carbocycles. The number of sulfonamides is 1. The molecule has 0 unspecified atom stereocenters. The normalized spacial score (nSPS) is 12.0. The van der Waals surface area contributed by atoms with Crippen molar-refractivity contribution < 1.29 is 13.5 Å². The average Bonchev–Trinajstić information content (AvgIpc) is 2.88. The van der Waals surface area contributed by atoms with Gasteiger partial charge >= 0.3 is 0 Å². The molecule has 1 N–H and O–H groups in total. The van der Waals surface area contributed by atoms with Gasteiger partial charge in [-0.05, 0) is 24.6 Å². The summed E-state index contributed by atoms with van der Waals surface area (Å²) in [6, 6.07) is 11.2. The first-order chi connectivity index (χ1) is 9.93. The SMILES string of the molecule is Cc1cccc(CN(C)S(=O)(=O)c2ccc(CCO)s2)c1. The molecule has 0 fully saturated rings. The minimum absolute atomic E-state index is 0.0269. The summed E-state index contributed by atoms with van der Waals surface area (Å²) in [4.78, 5) is 0.875. The summed E-state index contributed by atoms with van der Waals surface area (Å²) >= 11 is 1.22. The van der Waals surface area contributed by atoms with Crippen LogP contribution in [0.5, 0.6) is 0 Å². The van der Waals surface area contributed by atoms with Crippen LogP contribution in [0.3, 0.4) is 0 Å². The van der Waals surface area contributed by atoms with E-state index in [9.17, 15) is 8.42 Å². The molecule has 0 amide bonds. The number of benzene rings is 1. The molecule has 114 valence electrons. The third-order valence-electron chi connectivity index (χ3n) is 3.15. The van der Waals surface area contributed by atoms with Gasteiger partial charge in [-0.15, -0.1) is 11.3 Å². The summed E-state index contributed by atoms with van der Waals surface area (Å²) in [5.74, 6) is 0. The Morgan fingerprint density at radius 1 is 1.24 bits per heavy atom. The third-order valence-corrected chi connectivity index (χ3v) is 6.56. The zero-order valence-corrected chi connectivity index (χ0v) is 13.7. The molecule has 0 radical (unpaired) electrons. The van der Waals surface area contributed by atoms with E-state index in [0.29, 0.717) is 17.2 Å². The highest BCUT2D eigenvalue weighted by Gasteiger charge is 2.22. The standard InChI is InChI=1S/C15H19NO3S2/c1-12-4-3-5-13(10-12)11-16(2)21(18,19)15-7-6-14(20-15)8-9-17/h3-7,10,17H,8-9,11H2,1-2H3. The Bertz CT molecular complexity index is 707. The molecule has 0 bridgehead atoms. The van der Waals surface area contributed by atoms with Crippen molar-refractivity contribution in [3.05, 3.63) is 52.4 Å². The highest BCUT2D eigenvalue weighted by molar-refractivity contribution is 7.91. The van der Waals surface area contributed by atoms with Gasteiger partial charge in [0, 0.05) is 31.5 Å². The summed E-state index contributed by atoms with van der Waals surface area (Å²) in [6.45, 7) is 2.36. The molecule has 4 nitrogen and oxygen atoms in total. The van der Waals surface area contributed by atoms with Crippen molar-refractivity contribution in [3.63, 3.8) is 0 Å². The summed E-state index contributed by atoms with van der Waals surface area (Å²) < 4.78 is 26.7. The lowest BCUT2D eigenvalue weighted by Crippen LogP contribution is -2.25. The van der Waals surface area contributed by atoms with E-state index >= 15 is 0 Å². The number of aryl methyl sites for hydroxylation is 1. The first kappa shape index (κ1) is 16.2. The van der Waals surface area contributed by atoms with Crippen LogP contribution < -0.4 is 0 Å². The average molecular weight is 325 g/mol. The van der Waals surface area contributed by atoms with Crippen LogP contribution in [0.4, 0.5) is 0 Å². The second-order valence-electron chi connectivity index (χ2n) is 4.94. The smallest absolute Gasteiger partial charge is 0.252 e. The predicted octanol–water partition coefficient (Wildman–Crippen LogP) is 2.41. The number of rotatable bonds is 6. The van der Waals surface area contributed by atoms with Crippen LogP contribution in [0.1, 0.15) is 16.0 Å². The number of thiophene rings is 1. The van der Waals surface area contributed by atoms with E-state index in [0.717, 1.165) is 16.0 Å². The number of hydrogen-bond donors (Lipinski definition) is 1. The highest BCUT2D eigenvalue weighted by atomic mass is 32.2. The van der Waals surface area contributed by atoms with E-state index in [1.807, 2.05) is 31.2 Å². The molecular weight excluding hydrogens is 306 g/mol. The van der Waals surface area contributed by atoms with E-state index in [-0.39, 0.29) is 6.61 Å². The fourth-order valence-corrected chi connectivity index (χ4v) is 4.76. The number of aliphatic hydroxyl groups excluding tert-OH is 1. The lowest BCUT2D eigenvalue weighted by Gasteiger charge is -2.16. The van der Waals surface area contributed by atoms with Crippen molar-refractivity contribution in [1.29, 1.82) is 0 Å². The molecule has 6 heteroatoms. The van der Waals surface area contributed by atoms with Crippen molar-refractivity contribution >= 4 is 21.4 Å². The maximum absolute atomic E-state index is 12.5. The lowest BCUT2D eigenvalue weighted by molar-refractivity contribution is 0.300. The molecule has 1 heterocycles. The minimum atomic E-state index is -3.48. The fraction of sp³-hybridized carbons (Fsp3) is 0.333. The lowest BCUT2D eigenvalue weighted by atomic mass is 10.1. The maximum Gasteiger partial charge on any atom is 0.252 e. The van der Waals surface area contributed by atoms with Gasteiger partial charge in [0.2, 0.25) is 0 Å². The molecule has 2 aromatic rings. The maximum atomic E-state index is 12.5. The molecule has 2 rings (SSSR count). The summed E-state index contributed by atoms with van der Waals surface area (Å²) in [5, 5.41) is 8.91. The Labute approximate surface area is 129 Å². The van der Waals surface area contributed by atoms with E-state index in [4.69, 9.17) is 5.11 Å². The van der Waals surface area contributed by atoms with E-state index < -0.39 is 10.0 Å². The second kappa shape index (κ2) is 6.70. The van der Waals surface area contributed by atoms with Crippen molar-refractivity contribution in [2.45, 2.75) is 24.1 Å². The highest BCUT2D eigenvalue weighted by Crippen LogP contribution is 2.25. The van der Waals surface area contributed by atoms with Gasteiger partial charge in [0.1, 0.15) is 4.21 Å². The van der Waals surface area contributed by atoms with Gasteiger partial charge in [0.15, 0.2) is 0 Å². The van der Waals surface area contributed by atoms with Gasteiger partial charge in [-0.3, -0.25) is 0 Å². The molecule has 0 saturated heterocycles. The van der Waals surface area contributed by atoms with Gasteiger partial charge in [0.25, 0.3) is 10.0 Å². The Morgan fingerprint density at radius 2 is 2.00 bits per heavy atom. The Kier molecular flexibility index (Phi) is 5.16. The molecule has 21 heavy (non-hydrogen) atoms. The zero-order valence-electron chi connectivity index (χ0n) is 12.1. The van der Waals surface area contributed by atoms with E-state index in [1.165, 1.54) is 15.6 Å². The number of nitrogens with zero attached hydrogens (tertiary/aromatic N) is 1. The summed E-state index contributed by atoms with van der Waals surface area (Å²) in [7, 11) is -1.89. The van der Waals surface area contributed by atoms with Gasteiger partial charge in [-0.2, -0.15) is 4.31 Å². The van der Waals surface area contributed by atoms with Crippen LogP contribution in [-0.4, -0.2) is 31.5 Å². The second-order valence-corrected chi connectivity index (χ2v) is 8.38. The van der Waals surface area contributed by atoms with E-state index in [2.05, 4.69) is 0 Å². The van der Waals surface area contributed by atoms with Crippen LogP contribution in [0.25, 0.3) is 0 Å². The number of hydrogen-bond acceptors (Lipinski definition) is 4. The van der Waals surface area contributed by atoms with Gasteiger partial charge in [-0.25, -0.2) is 8.42 Å². The first-order valence-corrected chi connectivity index (χ1v) is 8.90. The molecule has 0 aliphatic heterocycles. The Hall–Kier alpha value is -1.21. The zero-order chi connectivity index (χ0) is 15.5. The summed E-state index contributed by atoms with van der Waals surface area (Å²) in [6.07, 6.45) is 0.488. The van der Waals surface area contributed by atoms with Crippen molar-refractivity contribution in [1.82, 2.24) is 4.31 Å². The van der Waals surface area contributed by atoms with Crippen LogP contribution in [0, 0.1) is 6.92 Å². The van der Waals surface area contributed by atoms with Gasteiger partial charge in [-0.1, -0.05) is 29.8 Å². The summed E-state index contributed by atoms with van der Waals surface area (Å²) in [5.41, 5.74) is 2.08. The Balaban J connectivity index is 2.17. The topological polar surface area (TPSA) is 57.6 Å². The van der Waals surface area contributed by atoms with Gasteiger partial charge in [0.05, 0.1) is 0 Å². The Morgan fingerprint density at radius 3 is 2.67 bits per heavy atom. The largest absolute Gasteiger partial charge is 0.396 e. The van der Waals surface area contributed by atoms with Crippen LogP contribution in [0.15, 0.2) is 40.6 Å². The van der Waals surface area contributed by atoms with Crippen molar-refractivity contribution in [2.75, 3.05) is 13.7 Å². The fourth-order valence-electron chi connectivity index (χ4n) is 2.05. The molecule has 0 spiro atoms. The monoisotopic (exact) mass is 325 g/mol. The molecule has 0 atom stereocenters. The quantitative estimate of drug-likeness (QED) is 0.887. The van der Waals surface area contributed by atoms with E-state index in [1.54, 1.807) is 19.2 Å². The molecular formula is C15H19NO3S2. The van der Waals surface area contributed by atoms with Crippen molar-refractivity contribution in [3.8, 4) is 0 Å². The molecule has 1 aromatic heterocycles. The van der Waals surface area contributed by atoms with Crippen molar-refractivity contribution in [2.24, 2.45) is 0 Å². The van der Waals surface area contributed by atoms with Crippen LogP contribution in [-0.2, 0) is 23.0 Å². The minimum Gasteiger partial charge on any atom is -0.396 e.